The van der Waals surface area contributed by atoms with E-state index in [4.69, 9.17) is 0 Å². The van der Waals surface area contributed by atoms with Gasteiger partial charge in [-0.15, -0.1) is 0 Å². The van der Waals surface area contributed by atoms with Gasteiger partial charge in [0.15, 0.2) is 5.78 Å². The van der Waals surface area contributed by atoms with Crippen molar-refractivity contribution in [3.8, 4) is 0 Å². The van der Waals surface area contributed by atoms with E-state index in [1.807, 2.05) is 31.2 Å². The van der Waals surface area contributed by atoms with Gasteiger partial charge in [0.25, 0.3) is 0 Å². The highest BCUT2D eigenvalue weighted by atomic mass is 19.1. The Labute approximate surface area is 113 Å². The van der Waals surface area contributed by atoms with E-state index >= 15 is 0 Å². The number of ketones is 1. The molecular formula is C17H17FO. The first-order chi connectivity index (χ1) is 9.08. The second-order valence-corrected chi connectivity index (χ2v) is 4.81. The van der Waals surface area contributed by atoms with Crippen LogP contribution in [0.15, 0.2) is 42.5 Å². The lowest BCUT2D eigenvalue weighted by Gasteiger charge is -2.06. The minimum Gasteiger partial charge on any atom is -0.294 e. The standard InChI is InChI=1S/C17H17FO/c1-12-5-3-4-6-14(12)8-10-17(19)15-7-9-16(18)13(2)11-15/h3-7,9,11H,8,10H2,1-2H3. The normalized spacial score (nSPS) is 10.5. The summed E-state index contributed by atoms with van der Waals surface area (Å²) in [6, 6.07) is 12.6. The number of hydrogen-bond acceptors (Lipinski definition) is 1. The van der Waals surface area contributed by atoms with Gasteiger partial charge in [0.2, 0.25) is 0 Å². The molecule has 0 saturated carbocycles. The van der Waals surface area contributed by atoms with E-state index in [-0.39, 0.29) is 11.6 Å². The molecule has 0 aliphatic rings. The molecule has 2 heteroatoms. The fourth-order valence-corrected chi connectivity index (χ4v) is 2.10. The molecule has 0 bridgehead atoms. The van der Waals surface area contributed by atoms with Crippen molar-refractivity contribution < 1.29 is 9.18 Å². The van der Waals surface area contributed by atoms with Crippen molar-refractivity contribution in [2.75, 3.05) is 0 Å². The Kier molecular flexibility index (Phi) is 4.10. The summed E-state index contributed by atoms with van der Waals surface area (Å²) in [5.41, 5.74) is 3.49. The van der Waals surface area contributed by atoms with Crippen LogP contribution in [0, 0.1) is 19.7 Å². The molecule has 0 spiro atoms. The Hall–Kier alpha value is -1.96. The number of carbonyl (C=O) groups excluding carboxylic acids is 1. The highest BCUT2D eigenvalue weighted by molar-refractivity contribution is 5.96. The molecule has 0 unspecified atom stereocenters. The lowest BCUT2D eigenvalue weighted by molar-refractivity contribution is 0.0982. The van der Waals surface area contributed by atoms with Crippen LogP contribution in [-0.2, 0) is 6.42 Å². The van der Waals surface area contributed by atoms with E-state index < -0.39 is 0 Å². The van der Waals surface area contributed by atoms with E-state index in [9.17, 15) is 9.18 Å². The van der Waals surface area contributed by atoms with E-state index in [0.717, 1.165) is 6.42 Å². The average molecular weight is 256 g/mol. The van der Waals surface area contributed by atoms with Crippen molar-refractivity contribution in [2.24, 2.45) is 0 Å². The maximum atomic E-state index is 13.2. The molecule has 0 aromatic heterocycles. The second-order valence-electron chi connectivity index (χ2n) is 4.81. The average Bonchev–Trinajstić information content (AvgIpc) is 2.40. The van der Waals surface area contributed by atoms with Crippen molar-refractivity contribution in [2.45, 2.75) is 26.7 Å². The van der Waals surface area contributed by atoms with Crippen LogP contribution in [0.1, 0.15) is 33.5 Å². The fraction of sp³-hybridized carbons (Fsp3) is 0.235. The SMILES string of the molecule is Cc1cc(C(=O)CCc2ccccc2C)ccc1F. The van der Waals surface area contributed by atoms with Crippen molar-refractivity contribution in [1.29, 1.82) is 0 Å². The van der Waals surface area contributed by atoms with Gasteiger partial charge in [0.05, 0.1) is 0 Å². The number of aryl methyl sites for hydroxylation is 3. The minimum absolute atomic E-state index is 0.0614. The molecule has 1 nitrogen and oxygen atoms in total. The van der Waals surface area contributed by atoms with E-state index in [0.29, 0.717) is 17.5 Å². The van der Waals surface area contributed by atoms with Crippen molar-refractivity contribution in [1.82, 2.24) is 0 Å². The summed E-state index contributed by atoms with van der Waals surface area (Å²) in [6.07, 6.45) is 1.18. The van der Waals surface area contributed by atoms with Gasteiger partial charge >= 0.3 is 0 Å². The predicted molar refractivity (Wildman–Crippen MR) is 75.0 cm³/mol. The summed E-state index contributed by atoms with van der Waals surface area (Å²) in [7, 11) is 0. The van der Waals surface area contributed by atoms with Gasteiger partial charge in [-0.05, 0) is 55.2 Å². The maximum absolute atomic E-state index is 13.2. The molecule has 0 fully saturated rings. The van der Waals surface area contributed by atoms with Crippen LogP contribution in [0.4, 0.5) is 4.39 Å². The third kappa shape index (κ3) is 3.28. The van der Waals surface area contributed by atoms with Crippen molar-refractivity contribution >= 4 is 5.78 Å². The van der Waals surface area contributed by atoms with E-state index in [2.05, 4.69) is 0 Å². The highest BCUT2D eigenvalue weighted by Crippen LogP contribution is 2.14. The van der Waals surface area contributed by atoms with Crippen LogP contribution in [-0.4, -0.2) is 5.78 Å². The first kappa shape index (κ1) is 13.5. The molecule has 2 aromatic rings. The molecule has 2 rings (SSSR count). The summed E-state index contributed by atoms with van der Waals surface area (Å²) in [5.74, 6) is -0.207. The largest absolute Gasteiger partial charge is 0.294 e. The molecule has 0 saturated heterocycles. The molecule has 0 aliphatic heterocycles. The van der Waals surface area contributed by atoms with Gasteiger partial charge in [-0.1, -0.05) is 24.3 Å². The van der Waals surface area contributed by atoms with Crippen LogP contribution in [0.25, 0.3) is 0 Å². The summed E-state index contributed by atoms with van der Waals surface area (Å²) >= 11 is 0. The molecule has 2 aromatic carbocycles. The Balaban J connectivity index is 2.05. The van der Waals surface area contributed by atoms with Crippen LogP contribution in [0.2, 0.25) is 0 Å². The van der Waals surface area contributed by atoms with E-state index in [1.165, 1.54) is 17.2 Å². The Morgan fingerprint density at radius 1 is 1.05 bits per heavy atom. The number of hydrogen-bond donors (Lipinski definition) is 0. The van der Waals surface area contributed by atoms with Gasteiger partial charge < -0.3 is 0 Å². The summed E-state index contributed by atoms with van der Waals surface area (Å²) in [5, 5.41) is 0. The molecule has 0 amide bonds. The minimum atomic E-state index is -0.268. The molecular weight excluding hydrogens is 239 g/mol. The first-order valence-electron chi connectivity index (χ1n) is 6.42. The molecule has 19 heavy (non-hydrogen) atoms. The topological polar surface area (TPSA) is 17.1 Å². The maximum Gasteiger partial charge on any atom is 0.163 e. The number of carbonyl (C=O) groups is 1. The smallest absolute Gasteiger partial charge is 0.163 e. The lowest BCUT2D eigenvalue weighted by atomic mass is 9.99. The molecule has 98 valence electrons. The molecule has 0 radical (unpaired) electrons. The van der Waals surface area contributed by atoms with Gasteiger partial charge in [0.1, 0.15) is 5.82 Å². The Bertz CT molecular complexity index is 602. The highest BCUT2D eigenvalue weighted by Gasteiger charge is 2.08. The molecule has 0 aliphatic carbocycles. The number of halogens is 1. The second kappa shape index (κ2) is 5.79. The number of benzene rings is 2. The van der Waals surface area contributed by atoms with Gasteiger partial charge in [-0.2, -0.15) is 0 Å². The number of rotatable bonds is 4. The third-order valence-electron chi connectivity index (χ3n) is 3.36. The van der Waals surface area contributed by atoms with Gasteiger partial charge in [0, 0.05) is 12.0 Å². The zero-order chi connectivity index (χ0) is 13.8. The Morgan fingerprint density at radius 3 is 2.47 bits per heavy atom. The zero-order valence-corrected chi connectivity index (χ0v) is 11.2. The fourth-order valence-electron chi connectivity index (χ4n) is 2.10. The van der Waals surface area contributed by atoms with Crippen LogP contribution in [0.5, 0.6) is 0 Å². The predicted octanol–water partition coefficient (Wildman–Crippen LogP) is 4.26. The van der Waals surface area contributed by atoms with Crippen molar-refractivity contribution in [3.05, 3.63) is 70.5 Å². The molecule has 0 N–H and O–H groups in total. The molecule has 0 atom stereocenters. The van der Waals surface area contributed by atoms with Gasteiger partial charge in [-0.25, -0.2) is 4.39 Å². The van der Waals surface area contributed by atoms with Gasteiger partial charge in [-0.3, -0.25) is 4.79 Å². The van der Waals surface area contributed by atoms with E-state index in [1.54, 1.807) is 19.1 Å². The summed E-state index contributed by atoms with van der Waals surface area (Å²) in [4.78, 5) is 12.1. The third-order valence-corrected chi connectivity index (χ3v) is 3.36. The summed E-state index contributed by atoms with van der Waals surface area (Å²) < 4.78 is 13.2. The monoisotopic (exact) mass is 256 g/mol. The quantitative estimate of drug-likeness (QED) is 0.747. The zero-order valence-electron chi connectivity index (χ0n) is 11.2. The first-order valence-corrected chi connectivity index (χ1v) is 6.42. The van der Waals surface area contributed by atoms with Crippen LogP contribution in [0.3, 0.4) is 0 Å². The molecule has 0 heterocycles. The lowest BCUT2D eigenvalue weighted by Crippen LogP contribution is -2.03. The van der Waals surface area contributed by atoms with Crippen molar-refractivity contribution in [3.63, 3.8) is 0 Å². The Morgan fingerprint density at radius 2 is 1.79 bits per heavy atom. The van der Waals surface area contributed by atoms with Crippen LogP contribution < -0.4 is 0 Å². The number of Topliss-reactive ketones (excluding diaryl/α,β-unsaturated/α-hetero) is 1. The summed E-state index contributed by atoms with van der Waals surface area (Å²) in [6.45, 7) is 3.72. The van der Waals surface area contributed by atoms with Crippen LogP contribution >= 0.6 is 0 Å².